The Morgan fingerprint density at radius 2 is 0.838 bits per heavy atom. The Bertz CT molecular complexity index is 963. The van der Waals surface area contributed by atoms with Gasteiger partial charge in [0.2, 0.25) is 0 Å². The maximum Gasteiger partial charge on any atom is 0.123 e. The van der Waals surface area contributed by atoms with Crippen LogP contribution in [-0.4, -0.2) is 41.4 Å². The highest BCUT2D eigenvalue weighted by atomic mass is 16.5. The number of aromatic hydroxyl groups is 2. The van der Waals surface area contributed by atoms with Crippen LogP contribution in [0, 0.1) is 0 Å². The van der Waals surface area contributed by atoms with Crippen LogP contribution in [0.1, 0.15) is 123 Å². The fraction of sp³-hybridized carbons (Fsp3) is 0.636. The smallest absolute Gasteiger partial charge is 0.123 e. The minimum Gasteiger partial charge on any atom is -0.507 e. The van der Waals surface area contributed by atoms with Crippen LogP contribution in [0.3, 0.4) is 0 Å². The molecule has 1 aliphatic rings. The van der Waals surface area contributed by atoms with Gasteiger partial charge in [-0.25, -0.2) is 0 Å². The summed E-state index contributed by atoms with van der Waals surface area (Å²) >= 11 is 0. The van der Waals surface area contributed by atoms with Gasteiger partial charge in [-0.05, 0) is 79.3 Å². The van der Waals surface area contributed by atoms with Gasteiger partial charge >= 0.3 is 0 Å². The molecule has 1 heterocycles. The van der Waals surface area contributed by atoms with E-state index in [-0.39, 0.29) is 27.7 Å². The van der Waals surface area contributed by atoms with Crippen molar-refractivity contribution in [2.45, 2.75) is 111 Å². The molecule has 4 nitrogen and oxygen atoms in total. The molecule has 0 bridgehead atoms. The third-order valence-corrected chi connectivity index (χ3v) is 7.54. The quantitative estimate of drug-likeness (QED) is 0.445. The molecule has 206 valence electrons. The molecule has 2 N–H and O–H groups in total. The zero-order valence-electron chi connectivity index (χ0n) is 25.5. The van der Waals surface area contributed by atoms with E-state index >= 15 is 0 Å². The fourth-order valence-corrected chi connectivity index (χ4v) is 5.37. The molecule has 0 atom stereocenters. The average Bonchev–Trinajstić information content (AvgIpc) is 2.73. The lowest BCUT2D eigenvalue weighted by Crippen LogP contribution is -2.40. The molecule has 0 unspecified atom stereocenters. The van der Waals surface area contributed by atoms with Crippen molar-refractivity contribution in [2.24, 2.45) is 0 Å². The maximum absolute atomic E-state index is 11.4. The number of benzene rings is 2. The van der Waals surface area contributed by atoms with E-state index in [0.717, 1.165) is 35.3 Å². The molecule has 1 fully saturated rings. The summed E-state index contributed by atoms with van der Waals surface area (Å²) in [7, 11) is 0. The second-order valence-electron chi connectivity index (χ2n) is 15.0. The Balaban J connectivity index is 2.41. The van der Waals surface area contributed by atoms with Gasteiger partial charge in [0.15, 0.2) is 0 Å². The Morgan fingerprint density at radius 3 is 1.08 bits per heavy atom. The maximum atomic E-state index is 11.4. The summed E-state index contributed by atoms with van der Waals surface area (Å²) in [6.07, 6.45) is 0. The van der Waals surface area contributed by atoms with Crippen LogP contribution in [-0.2, 0) is 26.4 Å². The predicted octanol–water partition coefficient (Wildman–Crippen LogP) is 7.71. The topological polar surface area (TPSA) is 52.9 Å². The van der Waals surface area contributed by atoms with Crippen LogP contribution < -0.4 is 0 Å². The van der Waals surface area contributed by atoms with Crippen LogP contribution in [0.2, 0.25) is 0 Å². The molecule has 37 heavy (non-hydrogen) atoms. The van der Waals surface area contributed by atoms with Crippen LogP contribution in [0.15, 0.2) is 24.3 Å². The first-order chi connectivity index (χ1) is 16.7. The van der Waals surface area contributed by atoms with Gasteiger partial charge in [-0.1, -0.05) is 83.1 Å². The highest BCUT2D eigenvalue weighted by Gasteiger charge is 2.34. The average molecular weight is 510 g/mol. The molecular formula is C33H51NO3. The molecule has 1 saturated heterocycles. The van der Waals surface area contributed by atoms with Crippen molar-refractivity contribution in [3.8, 4) is 11.5 Å². The Hall–Kier alpha value is -2.04. The molecule has 2 aromatic carbocycles. The normalized spacial score (nSPS) is 16.5. The number of morpholine rings is 1. The number of phenolic OH excluding ortho intramolecular Hbond substituents is 2. The third-order valence-electron chi connectivity index (χ3n) is 7.54. The first-order valence-electron chi connectivity index (χ1n) is 13.8. The Morgan fingerprint density at radius 1 is 0.568 bits per heavy atom. The first-order valence-corrected chi connectivity index (χ1v) is 13.8. The van der Waals surface area contributed by atoms with Gasteiger partial charge in [-0.15, -0.1) is 0 Å². The number of nitrogens with zero attached hydrogens (tertiary/aromatic N) is 1. The standard InChI is InChI=1S/C33H51NO3/c1-30(2,3)23-17-21(18-24(28(23)35)31(4,5)6)27(34-13-15-37-16-14-34)22-19-25(32(7,8)9)29(36)26(20-22)33(10,11)12/h17-20,27,35-36H,13-16H2,1-12H3. The zero-order valence-corrected chi connectivity index (χ0v) is 25.5. The molecule has 1 aliphatic heterocycles. The largest absolute Gasteiger partial charge is 0.507 e. The Labute approximate surface area is 226 Å². The third kappa shape index (κ3) is 6.34. The molecule has 0 saturated carbocycles. The Kier molecular flexibility index (Phi) is 7.92. The van der Waals surface area contributed by atoms with E-state index < -0.39 is 0 Å². The SMILES string of the molecule is CC(C)(C)c1cc(C(c2cc(C(C)(C)C)c(O)c(C(C)(C)C)c2)N2CCOCC2)cc(C(C)(C)C)c1O. The van der Waals surface area contributed by atoms with Gasteiger partial charge in [-0.2, -0.15) is 0 Å². The monoisotopic (exact) mass is 509 g/mol. The van der Waals surface area contributed by atoms with Crippen LogP contribution >= 0.6 is 0 Å². The van der Waals surface area contributed by atoms with Crippen molar-refractivity contribution in [3.05, 3.63) is 57.6 Å². The van der Waals surface area contributed by atoms with E-state index in [1.54, 1.807) is 0 Å². The molecule has 2 aromatic rings. The highest BCUT2D eigenvalue weighted by Crippen LogP contribution is 2.46. The second kappa shape index (κ2) is 9.93. The summed E-state index contributed by atoms with van der Waals surface area (Å²) in [6.45, 7) is 29.0. The van der Waals surface area contributed by atoms with Crippen molar-refractivity contribution < 1.29 is 14.9 Å². The first kappa shape index (κ1) is 29.5. The molecular weight excluding hydrogens is 458 g/mol. The van der Waals surface area contributed by atoms with Gasteiger partial charge in [-0.3, -0.25) is 4.90 Å². The molecule has 0 aromatic heterocycles. The summed E-state index contributed by atoms with van der Waals surface area (Å²) in [5.74, 6) is 0.807. The van der Waals surface area contributed by atoms with E-state index in [4.69, 9.17) is 4.74 Å². The van der Waals surface area contributed by atoms with Crippen molar-refractivity contribution in [1.29, 1.82) is 0 Å². The van der Waals surface area contributed by atoms with E-state index in [0.29, 0.717) is 24.7 Å². The van der Waals surface area contributed by atoms with Gasteiger partial charge in [0.05, 0.1) is 19.3 Å². The molecule has 3 rings (SSSR count). The summed E-state index contributed by atoms with van der Waals surface area (Å²) in [5.41, 5.74) is 5.40. The summed E-state index contributed by atoms with van der Waals surface area (Å²) in [5, 5.41) is 22.8. The molecule has 0 radical (unpaired) electrons. The van der Waals surface area contributed by atoms with Gasteiger partial charge in [0, 0.05) is 13.1 Å². The van der Waals surface area contributed by atoms with E-state index in [1.807, 2.05) is 0 Å². The van der Waals surface area contributed by atoms with E-state index in [1.165, 1.54) is 11.1 Å². The number of hydrogen-bond acceptors (Lipinski definition) is 4. The number of hydrogen-bond donors (Lipinski definition) is 2. The van der Waals surface area contributed by atoms with Crippen LogP contribution in [0.4, 0.5) is 0 Å². The van der Waals surface area contributed by atoms with Gasteiger partial charge in [0.25, 0.3) is 0 Å². The minimum atomic E-state index is -0.211. The van der Waals surface area contributed by atoms with Crippen molar-refractivity contribution in [1.82, 2.24) is 4.90 Å². The van der Waals surface area contributed by atoms with Crippen molar-refractivity contribution >= 4 is 0 Å². The summed E-state index contributed by atoms with van der Waals surface area (Å²) in [6, 6.07) is 8.83. The summed E-state index contributed by atoms with van der Waals surface area (Å²) in [4.78, 5) is 2.50. The number of phenols is 2. The van der Waals surface area contributed by atoms with Crippen LogP contribution in [0.5, 0.6) is 11.5 Å². The zero-order chi connectivity index (χ0) is 28.1. The van der Waals surface area contributed by atoms with Crippen LogP contribution in [0.25, 0.3) is 0 Å². The van der Waals surface area contributed by atoms with E-state index in [9.17, 15) is 10.2 Å². The lowest BCUT2D eigenvalue weighted by atomic mass is 9.75. The van der Waals surface area contributed by atoms with Gasteiger partial charge in [0.1, 0.15) is 11.5 Å². The van der Waals surface area contributed by atoms with E-state index in [2.05, 4.69) is 112 Å². The van der Waals surface area contributed by atoms with Crippen molar-refractivity contribution in [3.63, 3.8) is 0 Å². The molecule has 0 spiro atoms. The second-order valence-corrected chi connectivity index (χ2v) is 15.0. The van der Waals surface area contributed by atoms with Gasteiger partial charge < -0.3 is 14.9 Å². The summed E-state index contributed by atoms with van der Waals surface area (Å²) < 4.78 is 5.75. The number of ether oxygens (including phenoxy) is 1. The number of rotatable bonds is 3. The predicted molar refractivity (Wildman–Crippen MR) is 155 cm³/mol. The molecule has 4 heteroatoms. The lowest BCUT2D eigenvalue weighted by molar-refractivity contribution is 0.0238. The lowest BCUT2D eigenvalue weighted by Gasteiger charge is -2.38. The molecule has 0 aliphatic carbocycles. The highest BCUT2D eigenvalue weighted by molar-refractivity contribution is 5.55. The van der Waals surface area contributed by atoms with Crippen molar-refractivity contribution in [2.75, 3.05) is 26.3 Å². The fourth-order valence-electron chi connectivity index (χ4n) is 5.37. The molecule has 0 amide bonds. The minimum absolute atomic E-state index is 0.0190.